The summed E-state index contributed by atoms with van der Waals surface area (Å²) in [6, 6.07) is 0. The van der Waals surface area contributed by atoms with Crippen LogP contribution in [0.4, 0.5) is 0 Å². The van der Waals surface area contributed by atoms with Gasteiger partial charge in [-0.1, -0.05) is 19.3 Å². The smallest absolute Gasteiger partial charge is 0.191 e. The van der Waals surface area contributed by atoms with Crippen molar-refractivity contribution in [2.75, 3.05) is 19.7 Å². The maximum Gasteiger partial charge on any atom is 0.191 e. The van der Waals surface area contributed by atoms with Crippen LogP contribution in [-0.4, -0.2) is 37.3 Å². The minimum Gasteiger partial charge on any atom is -0.378 e. The van der Waals surface area contributed by atoms with Gasteiger partial charge in [0.15, 0.2) is 5.96 Å². The van der Waals surface area contributed by atoms with Crippen molar-refractivity contribution in [2.45, 2.75) is 77.9 Å². The summed E-state index contributed by atoms with van der Waals surface area (Å²) in [7, 11) is 0. The lowest BCUT2D eigenvalue weighted by molar-refractivity contribution is 0.0281. The first-order valence-corrected chi connectivity index (χ1v) is 8.19. The van der Waals surface area contributed by atoms with E-state index in [2.05, 4.69) is 43.3 Å². The Bertz CT molecular complexity index is 284. The van der Waals surface area contributed by atoms with Crippen LogP contribution in [0, 0.1) is 0 Å². The van der Waals surface area contributed by atoms with Gasteiger partial charge in [0.05, 0.1) is 6.10 Å². The van der Waals surface area contributed by atoms with Crippen molar-refractivity contribution in [1.29, 1.82) is 0 Å². The first-order valence-electron chi connectivity index (χ1n) is 8.19. The van der Waals surface area contributed by atoms with Gasteiger partial charge in [-0.2, -0.15) is 0 Å². The Morgan fingerprint density at radius 2 is 1.86 bits per heavy atom. The van der Waals surface area contributed by atoms with Crippen LogP contribution in [0.3, 0.4) is 0 Å². The van der Waals surface area contributed by atoms with Crippen LogP contribution in [-0.2, 0) is 4.74 Å². The zero-order valence-corrected chi connectivity index (χ0v) is 16.5. The number of guanidine groups is 1. The van der Waals surface area contributed by atoms with E-state index in [1.54, 1.807) is 0 Å². The summed E-state index contributed by atoms with van der Waals surface area (Å²) in [5, 5.41) is 6.67. The first kappa shape index (κ1) is 21.0. The molecular formula is C16H34IN3O. The Labute approximate surface area is 147 Å². The molecule has 21 heavy (non-hydrogen) atoms. The van der Waals surface area contributed by atoms with E-state index in [1.165, 1.54) is 32.1 Å². The predicted molar refractivity (Wildman–Crippen MR) is 102 cm³/mol. The van der Waals surface area contributed by atoms with Gasteiger partial charge in [0.1, 0.15) is 0 Å². The predicted octanol–water partition coefficient (Wildman–Crippen LogP) is 3.70. The summed E-state index contributed by atoms with van der Waals surface area (Å²) in [5.74, 6) is 0.901. The van der Waals surface area contributed by atoms with Crippen molar-refractivity contribution < 1.29 is 4.74 Å². The lowest BCUT2D eigenvalue weighted by Crippen LogP contribution is -2.47. The van der Waals surface area contributed by atoms with Crippen LogP contribution in [0.1, 0.15) is 66.2 Å². The highest BCUT2D eigenvalue weighted by Crippen LogP contribution is 2.20. The van der Waals surface area contributed by atoms with Gasteiger partial charge in [0.25, 0.3) is 0 Å². The van der Waals surface area contributed by atoms with Crippen LogP contribution in [0.2, 0.25) is 0 Å². The summed E-state index contributed by atoms with van der Waals surface area (Å²) in [6.07, 6.45) is 8.06. The van der Waals surface area contributed by atoms with Crippen molar-refractivity contribution in [3.05, 3.63) is 0 Å². The Balaban J connectivity index is 0.00000400. The third-order valence-electron chi connectivity index (χ3n) is 3.32. The van der Waals surface area contributed by atoms with Crippen molar-refractivity contribution in [3.63, 3.8) is 0 Å². The second-order valence-corrected chi connectivity index (χ2v) is 6.62. The van der Waals surface area contributed by atoms with Crippen molar-refractivity contribution >= 4 is 29.9 Å². The maximum atomic E-state index is 5.92. The highest BCUT2D eigenvalue weighted by atomic mass is 127. The van der Waals surface area contributed by atoms with E-state index in [1.807, 2.05) is 0 Å². The van der Waals surface area contributed by atoms with Gasteiger partial charge >= 0.3 is 0 Å². The highest BCUT2D eigenvalue weighted by Gasteiger charge is 2.13. The zero-order chi connectivity index (χ0) is 14.8. The molecule has 0 aromatic carbocycles. The molecule has 0 aromatic heterocycles. The second kappa shape index (κ2) is 11.5. The van der Waals surface area contributed by atoms with E-state index in [-0.39, 0.29) is 29.5 Å². The molecule has 0 spiro atoms. The average molecular weight is 411 g/mol. The van der Waals surface area contributed by atoms with E-state index < -0.39 is 0 Å². The van der Waals surface area contributed by atoms with Gasteiger partial charge in [-0.15, -0.1) is 24.0 Å². The van der Waals surface area contributed by atoms with Gasteiger partial charge < -0.3 is 15.4 Å². The molecule has 4 nitrogen and oxygen atoms in total. The maximum absolute atomic E-state index is 5.92. The molecule has 1 aliphatic rings. The fourth-order valence-electron chi connectivity index (χ4n) is 2.40. The van der Waals surface area contributed by atoms with E-state index in [0.29, 0.717) is 6.10 Å². The molecule has 0 amide bonds. The topological polar surface area (TPSA) is 45.7 Å². The molecular weight excluding hydrogens is 377 g/mol. The average Bonchev–Trinajstić information content (AvgIpc) is 2.38. The number of nitrogens with one attached hydrogen (secondary N) is 2. The van der Waals surface area contributed by atoms with E-state index >= 15 is 0 Å². The van der Waals surface area contributed by atoms with Crippen LogP contribution < -0.4 is 10.6 Å². The molecule has 1 saturated carbocycles. The first-order chi connectivity index (χ1) is 9.51. The number of rotatable bonds is 6. The normalized spacial score (nSPS) is 17.2. The lowest BCUT2D eigenvalue weighted by atomic mass is 9.98. The van der Waals surface area contributed by atoms with Gasteiger partial charge in [-0.05, 0) is 47.0 Å². The number of hydrogen-bond donors (Lipinski definition) is 2. The minimum absolute atomic E-state index is 0. The summed E-state index contributed by atoms with van der Waals surface area (Å²) < 4.78 is 5.92. The van der Waals surface area contributed by atoms with E-state index in [0.717, 1.165) is 32.1 Å². The molecule has 0 radical (unpaired) electrons. The largest absolute Gasteiger partial charge is 0.378 e. The fourth-order valence-corrected chi connectivity index (χ4v) is 2.40. The van der Waals surface area contributed by atoms with Crippen LogP contribution >= 0.6 is 24.0 Å². The fraction of sp³-hybridized carbons (Fsp3) is 0.938. The summed E-state index contributed by atoms with van der Waals surface area (Å²) >= 11 is 0. The molecule has 0 aromatic rings. The molecule has 5 heteroatoms. The number of aliphatic imine (C=N–C) groups is 1. The Morgan fingerprint density at radius 3 is 2.43 bits per heavy atom. The van der Waals surface area contributed by atoms with Crippen LogP contribution in [0.15, 0.2) is 4.99 Å². The summed E-state index contributed by atoms with van der Waals surface area (Å²) in [4.78, 5) is 4.60. The molecule has 0 saturated heterocycles. The Morgan fingerprint density at radius 1 is 1.19 bits per heavy atom. The van der Waals surface area contributed by atoms with Gasteiger partial charge in [0.2, 0.25) is 0 Å². The van der Waals surface area contributed by atoms with Crippen molar-refractivity contribution in [2.24, 2.45) is 4.99 Å². The number of nitrogens with zero attached hydrogens (tertiary/aromatic N) is 1. The lowest BCUT2D eigenvalue weighted by Gasteiger charge is -2.24. The van der Waals surface area contributed by atoms with Gasteiger partial charge in [-0.25, -0.2) is 0 Å². The molecule has 0 aliphatic heterocycles. The standard InChI is InChI=1S/C16H33N3O.HI/c1-5-17-15(19-16(2,3)4)18-12-9-13-20-14-10-7-6-8-11-14;/h14H,5-13H2,1-4H3,(H2,17,18,19);1H. The summed E-state index contributed by atoms with van der Waals surface area (Å²) in [6.45, 7) is 11.1. The molecule has 2 N–H and O–H groups in total. The third-order valence-corrected chi connectivity index (χ3v) is 3.32. The van der Waals surface area contributed by atoms with E-state index in [9.17, 15) is 0 Å². The van der Waals surface area contributed by atoms with Crippen molar-refractivity contribution in [1.82, 2.24) is 10.6 Å². The molecule has 0 unspecified atom stereocenters. The number of halogens is 1. The van der Waals surface area contributed by atoms with Gasteiger partial charge in [0, 0.05) is 25.2 Å². The SMILES string of the molecule is CCNC(=NCCCOC1CCCCC1)NC(C)(C)C.I. The second-order valence-electron chi connectivity index (χ2n) is 6.62. The monoisotopic (exact) mass is 411 g/mol. The molecule has 1 fully saturated rings. The Kier molecular flexibility index (Phi) is 11.5. The number of hydrogen-bond acceptors (Lipinski definition) is 2. The van der Waals surface area contributed by atoms with Crippen LogP contribution in [0.25, 0.3) is 0 Å². The van der Waals surface area contributed by atoms with Gasteiger partial charge in [-0.3, -0.25) is 4.99 Å². The van der Waals surface area contributed by atoms with E-state index in [4.69, 9.17) is 4.74 Å². The summed E-state index contributed by atoms with van der Waals surface area (Å²) in [5.41, 5.74) is 0.0413. The number of ether oxygens (including phenoxy) is 1. The molecule has 0 bridgehead atoms. The Hall–Kier alpha value is -0.0400. The molecule has 0 heterocycles. The quantitative estimate of drug-likeness (QED) is 0.303. The molecule has 1 aliphatic carbocycles. The van der Waals surface area contributed by atoms with Crippen LogP contribution in [0.5, 0.6) is 0 Å². The molecule has 1 rings (SSSR count). The highest BCUT2D eigenvalue weighted by molar-refractivity contribution is 14.0. The third kappa shape index (κ3) is 11.2. The molecule has 0 atom stereocenters. The molecule has 126 valence electrons. The zero-order valence-electron chi connectivity index (χ0n) is 14.2. The minimum atomic E-state index is 0. The van der Waals surface area contributed by atoms with Crippen molar-refractivity contribution in [3.8, 4) is 0 Å².